The molecule has 2 aromatic rings. The fourth-order valence-electron chi connectivity index (χ4n) is 2.22. The summed E-state index contributed by atoms with van der Waals surface area (Å²) in [6.07, 6.45) is 0. The van der Waals surface area contributed by atoms with E-state index in [9.17, 15) is 4.79 Å². The number of ether oxygens (including phenoxy) is 3. The van der Waals surface area contributed by atoms with Gasteiger partial charge in [0.25, 0.3) is 5.91 Å². The molecule has 6 nitrogen and oxygen atoms in total. The van der Waals surface area contributed by atoms with Crippen LogP contribution in [0.1, 0.15) is 17.3 Å². The van der Waals surface area contributed by atoms with E-state index in [0.717, 1.165) is 5.57 Å². The van der Waals surface area contributed by atoms with Crippen molar-refractivity contribution in [3.05, 3.63) is 64.7 Å². The Bertz CT molecular complexity index is 889. The van der Waals surface area contributed by atoms with E-state index < -0.39 is 0 Å². The molecule has 0 aliphatic carbocycles. The molecule has 2 N–H and O–H groups in total. The van der Waals surface area contributed by atoms with Crippen LogP contribution in [-0.4, -0.2) is 38.0 Å². The lowest BCUT2D eigenvalue weighted by Crippen LogP contribution is -2.34. The van der Waals surface area contributed by atoms with Crippen LogP contribution in [0.3, 0.4) is 0 Å². The molecule has 0 aliphatic rings. The number of anilines is 1. The summed E-state index contributed by atoms with van der Waals surface area (Å²) in [5, 5.41) is 5.82. The second-order valence-corrected chi connectivity index (χ2v) is 7.40. The number of carbonyl (C=O) groups excluding carboxylic acids is 1. The van der Waals surface area contributed by atoms with Crippen LogP contribution in [0.15, 0.2) is 59.1 Å². The third-order valence-corrected chi connectivity index (χ3v) is 4.40. The summed E-state index contributed by atoms with van der Waals surface area (Å²) in [4.78, 5) is 12.5. The standard InChI is InChI=1S/C21H23BrN2O4S/c1-14(2)13-28-19-7-5-4-6-17(19)23-21(29)24-20(25)15-8-9-18(16(22)12-15)27-11-10-26-3/h4-9,12H,1,10-11,13H2,2-3H3,(H2,23,24,25,29). The first-order valence-electron chi connectivity index (χ1n) is 8.80. The Morgan fingerprint density at radius 1 is 1.14 bits per heavy atom. The maximum Gasteiger partial charge on any atom is 0.257 e. The molecule has 2 aromatic carbocycles. The molecular formula is C21H23BrN2O4S. The summed E-state index contributed by atoms with van der Waals surface area (Å²) in [5.74, 6) is 0.905. The van der Waals surface area contributed by atoms with Gasteiger partial charge in [0.1, 0.15) is 24.7 Å². The molecule has 0 radical (unpaired) electrons. The van der Waals surface area contributed by atoms with E-state index in [1.54, 1.807) is 25.3 Å². The average Bonchev–Trinajstić information content (AvgIpc) is 2.68. The Morgan fingerprint density at radius 2 is 1.90 bits per heavy atom. The first-order valence-corrected chi connectivity index (χ1v) is 10.0. The minimum atomic E-state index is -0.341. The van der Waals surface area contributed by atoms with Gasteiger partial charge in [0, 0.05) is 12.7 Å². The number of rotatable bonds is 9. The van der Waals surface area contributed by atoms with E-state index in [1.165, 1.54) is 0 Å². The van der Waals surface area contributed by atoms with Crippen molar-refractivity contribution in [1.82, 2.24) is 5.32 Å². The topological polar surface area (TPSA) is 68.8 Å². The lowest BCUT2D eigenvalue weighted by molar-refractivity contribution is 0.0977. The molecular weight excluding hydrogens is 456 g/mol. The summed E-state index contributed by atoms with van der Waals surface area (Å²) in [7, 11) is 1.60. The van der Waals surface area contributed by atoms with Crippen molar-refractivity contribution in [1.29, 1.82) is 0 Å². The van der Waals surface area contributed by atoms with E-state index in [1.807, 2.05) is 31.2 Å². The Hall–Kier alpha value is -2.42. The molecule has 0 saturated heterocycles. The van der Waals surface area contributed by atoms with Crippen molar-refractivity contribution < 1.29 is 19.0 Å². The van der Waals surface area contributed by atoms with Gasteiger partial charge in [0.2, 0.25) is 0 Å². The Labute approximate surface area is 184 Å². The van der Waals surface area contributed by atoms with Crippen LogP contribution in [0.4, 0.5) is 5.69 Å². The summed E-state index contributed by atoms with van der Waals surface area (Å²) in [6.45, 7) is 6.99. The van der Waals surface area contributed by atoms with Crippen LogP contribution in [-0.2, 0) is 4.74 Å². The van der Waals surface area contributed by atoms with Crippen molar-refractivity contribution in [2.75, 3.05) is 32.2 Å². The van der Waals surface area contributed by atoms with Gasteiger partial charge in [-0.25, -0.2) is 0 Å². The molecule has 0 spiro atoms. The van der Waals surface area contributed by atoms with Gasteiger partial charge in [-0.15, -0.1) is 0 Å². The predicted octanol–water partition coefficient (Wildman–Crippen LogP) is 4.56. The van der Waals surface area contributed by atoms with Crippen molar-refractivity contribution in [2.24, 2.45) is 0 Å². The zero-order valence-corrected chi connectivity index (χ0v) is 18.7. The molecule has 0 fully saturated rings. The van der Waals surface area contributed by atoms with Crippen LogP contribution in [0.25, 0.3) is 0 Å². The molecule has 0 unspecified atom stereocenters. The van der Waals surface area contributed by atoms with Crippen LogP contribution in [0.2, 0.25) is 0 Å². The summed E-state index contributed by atoms with van der Waals surface area (Å²) in [6, 6.07) is 12.4. The summed E-state index contributed by atoms with van der Waals surface area (Å²) < 4.78 is 16.9. The smallest absolute Gasteiger partial charge is 0.257 e. The number of methoxy groups -OCH3 is 1. The Balaban J connectivity index is 1.98. The maximum atomic E-state index is 12.5. The molecule has 0 aromatic heterocycles. The lowest BCUT2D eigenvalue weighted by atomic mass is 10.2. The normalized spacial score (nSPS) is 10.2. The predicted molar refractivity (Wildman–Crippen MR) is 122 cm³/mol. The molecule has 2 rings (SSSR count). The number of para-hydroxylation sites is 2. The second kappa shape index (κ2) is 11.5. The van der Waals surface area contributed by atoms with E-state index >= 15 is 0 Å². The van der Waals surface area contributed by atoms with Crippen molar-refractivity contribution in [2.45, 2.75) is 6.92 Å². The SMILES string of the molecule is C=C(C)COc1ccccc1NC(=S)NC(=O)c1ccc(OCCOC)c(Br)c1. The summed E-state index contributed by atoms with van der Waals surface area (Å²) in [5.41, 5.74) is 1.99. The van der Waals surface area contributed by atoms with Gasteiger partial charge >= 0.3 is 0 Å². The largest absolute Gasteiger partial charge is 0.490 e. The maximum absolute atomic E-state index is 12.5. The van der Waals surface area contributed by atoms with Crippen molar-refractivity contribution >= 4 is 44.9 Å². The van der Waals surface area contributed by atoms with Gasteiger partial charge in [0.05, 0.1) is 16.8 Å². The molecule has 1 amide bonds. The quantitative estimate of drug-likeness (QED) is 0.312. The minimum Gasteiger partial charge on any atom is -0.490 e. The number of thiocarbonyl (C=S) groups is 1. The van der Waals surface area contributed by atoms with Gasteiger partial charge in [0.15, 0.2) is 5.11 Å². The zero-order valence-electron chi connectivity index (χ0n) is 16.3. The highest BCUT2D eigenvalue weighted by atomic mass is 79.9. The fourth-order valence-corrected chi connectivity index (χ4v) is 2.92. The number of nitrogens with one attached hydrogen (secondary N) is 2. The zero-order chi connectivity index (χ0) is 21.2. The van der Waals surface area contributed by atoms with Crippen LogP contribution in [0, 0.1) is 0 Å². The number of amides is 1. The fraction of sp³-hybridized carbons (Fsp3) is 0.238. The second-order valence-electron chi connectivity index (χ2n) is 6.14. The van der Waals surface area contributed by atoms with E-state index in [-0.39, 0.29) is 11.0 Å². The molecule has 0 atom stereocenters. The molecule has 0 heterocycles. The number of halogens is 1. The van der Waals surface area contributed by atoms with Gasteiger partial charge in [-0.1, -0.05) is 18.7 Å². The van der Waals surface area contributed by atoms with Gasteiger partial charge in [-0.05, 0) is 71.0 Å². The number of hydrogen-bond acceptors (Lipinski definition) is 5. The molecule has 29 heavy (non-hydrogen) atoms. The van der Waals surface area contributed by atoms with Gasteiger partial charge in [-0.3, -0.25) is 10.1 Å². The van der Waals surface area contributed by atoms with E-state index in [2.05, 4.69) is 33.1 Å². The first-order chi connectivity index (χ1) is 13.9. The monoisotopic (exact) mass is 478 g/mol. The van der Waals surface area contributed by atoms with Gasteiger partial charge < -0.3 is 19.5 Å². The highest BCUT2D eigenvalue weighted by Gasteiger charge is 2.12. The number of carbonyl (C=O) groups is 1. The molecule has 0 aliphatic heterocycles. The minimum absolute atomic E-state index is 0.165. The Morgan fingerprint density at radius 3 is 2.59 bits per heavy atom. The van der Waals surface area contributed by atoms with Crippen LogP contribution < -0.4 is 20.1 Å². The summed E-state index contributed by atoms with van der Waals surface area (Å²) >= 11 is 8.68. The molecule has 154 valence electrons. The number of hydrogen-bond donors (Lipinski definition) is 2. The average molecular weight is 479 g/mol. The third kappa shape index (κ3) is 7.49. The molecule has 0 bridgehead atoms. The molecule has 8 heteroatoms. The third-order valence-electron chi connectivity index (χ3n) is 3.58. The highest BCUT2D eigenvalue weighted by molar-refractivity contribution is 9.10. The highest BCUT2D eigenvalue weighted by Crippen LogP contribution is 2.26. The van der Waals surface area contributed by atoms with E-state index in [0.29, 0.717) is 47.0 Å². The van der Waals surface area contributed by atoms with Crippen LogP contribution >= 0.6 is 28.1 Å². The van der Waals surface area contributed by atoms with Crippen molar-refractivity contribution in [3.8, 4) is 11.5 Å². The molecule has 0 saturated carbocycles. The lowest BCUT2D eigenvalue weighted by Gasteiger charge is -2.14. The van der Waals surface area contributed by atoms with Gasteiger partial charge in [-0.2, -0.15) is 0 Å². The Kier molecular flexibility index (Phi) is 9.11. The van der Waals surface area contributed by atoms with Crippen LogP contribution in [0.5, 0.6) is 11.5 Å². The first kappa shape index (κ1) is 22.9. The van der Waals surface area contributed by atoms with Crippen molar-refractivity contribution in [3.63, 3.8) is 0 Å². The van der Waals surface area contributed by atoms with E-state index in [4.69, 9.17) is 26.4 Å². The number of benzene rings is 2.